The second-order valence-corrected chi connectivity index (χ2v) is 17.4. The Balaban J connectivity index is 4.18. The van der Waals surface area contributed by atoms with Crippen LogP contribution in [0.25, 0.3) is 0 Å². The standard InChI is InChI=1S/C50H91N2O6P/c1-3-5-7-9-11-13-15-17-19-21-22-23-24-25-26-28-30-32-34-36-38-40-42-44-50(54)52-48(47-58-59(55,56)57-46-45-51)49(53)43-41-39-37-35-33-31-29-27-20-18-16-14-12-10-8-6-4-2/h5,7,11,13,17,19,22-23,25-26,41,43,48-49,53H,3-4,6,8-10,12,14-16,18,20-21,24,27-40,42,44-47,51H2,1-2H3,(H,52,54)(H,55,56)/b7-5-,13-11-,19-17-,23-22-,26-25-,43-41+. The van der Waals surface area contributed by atoms with Crippen molar-refractivity contribution in [2.75, 3.05) is 19.8 Å². The van der Waals surface area contributed by atoms with Crippen molar-refractivity contribution in [1.29, 1.82) is 0 Å². The average Bonchev–Trinajstić information content (AvgIpc) is 3.22. The van der Waals surface area contributed by atoms with Gasteiger partial charge in [0.2, 0.25) is 5.91 Å². The van der Waals surface area contributed by atoms with Crippen LogP contribution in [0.1, 0.15) is 206 Å². The van der Waals surface area contributed by atoms with Crippen molar-refractivity contribution in [3.63, 3.8) is 0 Å². The Labute approximate surface area is 363 Å². The summed E-state index contributed by atoms with van der Waals surface area (Å²) >= 11 is 0. The molecule has 0 aliphatic rings. The highest BCUT2D eigenvalue weighted by atomic mass is 31.2. The van der Waals surface area contributed by atoms with Gasteiger partial charge >= 0.3 is 7.82 Å². The summed E-state index contributed by atoms with van der Waals surface area (Å²) < 4.78 is 22.2. The first-order chi connectivity index (χ1) is 28.9. The van der Waals surface area contributed by atoms with Gasteiger partial charge in [-0.05, 0) is 64.2 Å². The number of aliphatic hydroxyl groups excluding tert-OH is 1. The van der Waals surface area contributed by atoms with Crippen molar-refractivity contribution in [2.45, 2.75) is 219 Å². The van der Waals surface area contributed by atoms with E-state index in [2.05, 4.69) is 79.9 Å². The Morgan fingerprint density at radius 3 is 1.44 bits per heavy atom. The van der Waals surface area contributed by atoms with Crippen LogP contribution in [0, 0.1) is 0 Å². The smallest absolute Gasteiger partial charge is 0.387 e. The monoisotopic (exact) mass is 847 g/mol. The van der Waals surface area contributed by atoms with Gasteiger partial charge in [0, 0.05) is 13.0 Å². The van der Waals surface area contributed by atoms with Gasteiger partial charge in [0.15, 0.2) is 0 Å². The fraction of sp³-hybridized carbons (Fsp3) is 0.740. The van der Waals surface area contributed by atoms with Crippen molar-refractivity contribution in [2.24, 2.45) is 5.73 Å². The molecule has 0 aliphatic heterocycles. The number of carbonyl (C=O) groups is 1. The van der Waals surface area contributed by atoms with E-state index in [4.69, 9.17) is 14.8 Å². The van der Waals surface area contributed by atoms with Gasteiger partial charge < -0.3 is 21.1 Å². The molecule has 5 N–H and O–H groups in total. The quantitative estimate of drug-likeness (QED) is 0.0273. The molecule has 0 aliphatic carbocycles. The SMILES string of the molecule is CC/C=C\C/C=C\C/C=C\C/C=C\C/C=C\CCCCCCCCCC(=O)NC(COP(=O)(O)OCCN)C(O)/C=C/CCCCCCCCCCCCCCCCC. The number of aliphatic hydroxyl groups is 1. The molecule has 0 spiro atoms. The number of hydrogen-bond acceptors (Lipinski definition) is 6. The lowest BCUT2D eigenvalue weighted by Gasteiger charge is -2.23. The number of phosphoric acid groups is 1. The highest BCUT2D eigenvalue weighted by molar-refractivity contribution is 7.47. The maximum absolute atomic E-state index is 12.8. The number of nitrogens with one attached hydrogen (secondary N) is 1. The first kappa shape index (κ1) is 56.9. The maximum atomic E-state index is 12.8. The van der Waals surface area contributed by atoms with Gasteiger partial charge in [-0.25, -0.2) is 4.57 Å². The molecule has 0 aromatic heterocycles. The molecule has 9 heteroatoms. The number of carbonyl (C=O) groups excluding carboxylic acids is 1. The van der Waals surface area contributed by atoms with E-state index >= 15 is 0 Å². The van der Waals surface area contributed by atoms with Crippen LogP contribution in [-0.4, -0.2) is 47.8 Å². The molecule has 59 heavy (non-hydrogen) atoms. The molecule has 0 heterocycles. The fourth-order valence-electron chi connectivity index (χ4n) is 6.69. The van der Waals surface area contributed by atoms with Crippen LogP contribution in [0.5, 0.6) is 0 Å². The number of allylic oxidation sites excluding steroid dienone is 11. The van der Waals surface area contributed by atoms with Crippen molar-refractivity contribution >= 4 is 13.7 Å². The van der Waals surface area contributed by atoms with E-state index in [0.717, 1.165) is 83.5 Å². The topological polar surface area (TPSA) is 131 Å². The molecule has 0 aromatic rings. The zero-order valence-electron chi connectivity index (χ0n) is 38.0. The number of amides is 1. The third-order valence-corrected chi connectivity index (χ3v) is 11.3. The maximum Gasteiger partial charge on any atom is 0.472 e. The fourth-order valence-corrected chi connectivity index (χ4v) is 7.45. The summed E-state index contributed by atoms with van der Waals surface area (Å²) in [4.78, 5) is 22.8. The number of rotatable bonds is 44. The van der Waals surface area contributed by atoms with Gasteiger partial charge in [-0.1, -0.05) is 209 Å². The number of nitrogens with two attached hydrogens (primary N) is 1. The predicted octanol–water partition coefficient (Wildman–Crippen LogP) is 14.0. The first-order valence-corrected chi connectivity index (χ1v) is 25.6. The molecule has 3 atom stereocenters. The average molecular weight is 847 g/mol. The molecule has 0 rings (SSSR count). The van der Waals surface area contributed by atoms with E-state index < -0.39 is 20.0 Å². The second kappa shape index (κ2) is 45.5. The van der Waals surface area contributed by atoms with Gasteiger partial charge in [-0.15, -0.1) is 0 Å². The molecule has 3 unspecified atom stereocenters. The summed E-state index contributed by atoms with van der Waals surface area (Å²) in [7, 11) is -4.35. The van der Waals surface area contributed by atoms with E-state index in [0.29, 0.717) is 6.42 Å². The van der Waals surface area contributed by atoms with Crippen molar-refractivity contribution in [1.82, 2.24) is 5.32 Å². The minimum absolute atomic E-state index is 0.0733. The molecule has 0 saturated heterocycles. The van der Waals surface area contributed by atoms with Crippen LogP contribution >= 0.6 is 7.82 Å². The highest BCUT2D eigenvalue weighted by Crippen LogP contribution is 2.43. The van der Waals surface area contributed by atoms with E-state index in [1.807, 2.05) is 6.08 Å². The van der Waals surface area contributed by atoms with Gasteiger partial charge in [0.1, 0.15) is 0 Å². The number of hydrogen-bond donors (Lipinski definition) is 4. The van der Waals surface area contributed by atoms with Crippen LogP contribution in [0.15, 0.2) is 72.9 Å². The van der Waals surface area contributed by atoms with Crippen LogP contribution in [0.2, 0.25) is 0 Å². The number of unbranched alkanes of at least 4 members (excludes halogenated alkanes) is 22. The zero-order chi connectivity index (χ0) is 43.2. The van der Waals surface area contributed by atoms with Crippen molar-refractivity contribution in [3.05, 3.63) is 72.9 Å². The zero-order valence-corrected chi connectivity index (χ0v) is 38.9. The Hall–Kier alpha value is -2.06. The summed E-state index contributed by atoms with van der Waals surface area (Å²) in [6, 6.07) is -0.871. The molecule has 0 fully saturated rings. The molecular weight excluding hydrogens is 756 g/mol. The van der Waals surface area contributed by atoms with Gasteiger partial charge in [0.05, 0.1) is 25.4 Å². The number of phosphoric ester groups is 1. The van der Waals surface area contributed by atoms with Crippen LogP contribution in [0.3, 0.4) is 0 Å². The lowest BCUT2D eigenvalue weighted by Crippen LogP contribution is -2.45. The molecule has 0 aromatic carbocycles. The molecular formula is C50H91N2O6P. The van der Waals surface area contributed by atoms with Gasteiger partial charge in [-0.3, -0.25) is 13.8 Å². The van der Waals surface area contributed by atoms with Crippen molar-refractivity contribution < 1.29 is 28.4 Å². The van der Waals surface area contributed by atoms with Crippen LogP contribution < -0.4 is 11.1 Å². The summed E-state index contributed by atoms with van der Waals surface area (Å²) in [5.74, 6) is -0.207. The van der Waals surface area contributed by atoms with Crippen molar-refractivity contribution in [3.8, 4) is 0 Å². The molecule has 0 saturated carbocycles. The Bertz CT molecular complexity index is 1150. The van der Waals surface area contributed by atoms with Crippen LogP contribution in [0.4, 0.5) is 0 Å². The minimum atomic E-state index is -4.35. The normalized spacial score (nSPS) is 14.6. The molecule has 342 valence electrons. The second-order valence-electron chi connectivity index (χ2n) is 15.9. The summed E-state index contributed by atoms with van der Waals surface area (Å²) in [6.07, 6.45) is 59.5. The van der Waals surface area contributed by atoms with Crippen LogP contribution in [-0.2, 0) is 18.4 Å². The lowest BCUT2D eigenvalue weighted by atomic mass is 10.0. The molecule has 0 radical (unpaired) electrons. The van der Waals surface area contributed by atoms with E-state index in [-0.39, 0.29) is 25.7 Å². The Morgan fingerprint density at radius 1 is 0.576 bits per heavy atom. The lowest BCUT2D eigenvalue weighted by molar-refractivity contribution is -0.123. The summed E-state index contributed by atoms with van der Waals surface area (Å²) in [5.41, 5.74) is 5.38. The predicted molar refractivity (Wildman–Crippen MR) is 253 cm³/mol. The third-order valence-electron chi connectivity index (χ3n) is 10.3. The van der Waals surface area contributed by atoms with E-state index in [9.17, 15) is 19.4 Å². The van der Waals surface area contributed by atoms with E-state index in [1.165, 1.54) is 103 Å². The molecule has 0 bridgehead atoms. The Morgan fingerprint density at radius 2 is 0.983 bits per heavy atom. The highest BCUT2D eigenvalue weighted by Gasteiger charge is 2.26. The summed E-state index contributed by atoms with van der Waals surface area (Å²) in [6.45, 7) is 4.02. The first-order valence-electron chi connectivity index (χ1n) is 24.1. The largest absolute Gasteiger partial charge is 0.472 e. The van der Waals surface area contributed by atoms with Gasteiger partial charge in [-0.2, -0.15) is 0 Å². The summed E-state index contributed by atoms with van der Waals surface area (Å²) in [5, 5.41) is 13.7. The molecule has 1 amide bonds. The molecule has 8 nitrogen and oxygen atoms in total. The van der Waals surface area contributed by atoms with E-state index in [1.54, 1.807) is 6.08 Å². The minimum Gasteiger partial charge on any atom is -0.387 e. The third kappa shape index (κ3) is 43.8. The Kier molecular flexibility index (Phi) is 43.9. The van der Waals surface area contributed by atoms with Gasteiger partial charge in [0.25, 0.3) is 0 Å².